The van der Waals surface area contributed by atoms with E-state index in [4.69, 9.17) is 51.1 Å². The van der Waals surface area contributed by atoms with Gasteiger partial charge in [-0.15, -0.1) is 0 Å². The number of amides is 1. The summed E-state index contributed by atoms with van der Waals surface area (Å²) < 4.78 is 43.3. The first-order chi connectivity index (χ1) is 12.4. The van der Waals surface area contributed by atoms with Crippen LogP contribution in [-0.4, -0.2) is 12.5 Å². The van der Waals surface area contributed by atoms with Gasteiger partial charge in [-0.1, -0.05) is 46.4 Å². The Balaban J connectivity index is 2.12. The number of halogens is 7. The van der Waals surface area contributed by atoms with Crippen LogP contribution in [0.2, 0.25) is 20.1 Å². The number of alkyl halides is 3. The highest BCUT2D eigenvalue weighted by Crippen LogP contribution is 2.42. The molecule has 0 bridgehead atoms. The van der Waals surface area contributed by atoms with Crippen LogP contribution in [0.5, 0.6) is 5.75 Å². The highest BCUT2D eigenvalue weighted by molar-refractivity contribution is 6.42. The van der Waals surface area contributed by atoms with Gasteiger partial charge in [-0.25, -0.2) is 0 Å². The minimum Gasteiger partial charge on any atom is -0.481 e. The molecule has 146 valence electrons. The highest BCUT2D eigenvalue weighted by atomic mass is 35.5. The van der Waals surface area contributed by atoms with Crippen LogP contribution in [0.15, 0.2) is 18.2 Å². The zero-order valence-electron chi connectivity index (χ0n) is 13.9. The Kier molecular flexibility index (Phi) is 6.79. The smallest absolute Gasteiger partial charge is 0.416 e. The summed E-state index contributed by atoms with van der Waals surface area (Å²) >= 11 is 24.2. The second-order valence-electron chi connectivity index (χ2n) is 5.55. The minimum absolute atomic E-state index is 0.0129. The van der Waals surface area contributed by atoms with Gasteiger partial charge >= 0.3 is 6.18 Å². The molecule has 0 atom stereocenters. The van der Waals surface area contributed by atoms with Gasteiger partial charge in [0.05, 0.1) is 26.3 Å². The van der Waals surface area contributed by atoms with Gasteiger partial charge in [-0.05, 0) is 43.2 Å². The number of nitrogens with one attached hydrogen (secondary N) is 1. The van der Waals surface area contributed by atoms with Gasteiger partial charge in [0, 0.05) is 5.02 Å². The van der Waals surface area contributed by atoms with E-state index in [2.05, 4.69) is 5.32 Å². The van der Waals surface area contributed by atoms with E-state index in [1.54, 1.807) is 13.8 Å². The average molecular weight is 461 g/mol. The van der Waals surface area contributed by atoms with Gasteiger partial charge in [0.15, 0.2) is 12.4 Å². The molecule has 0 fully saturated rings. The SMILES string of the molecule is Cc1c(Cl)c(C)c(Cl)c(OCC(=O)Nc2ccc(C(F)(F)F)cc2Cl)c1Cl. The molecule has 10 heteroatoms. The van der Waals surface area contributed by atoms with Crippen molar-refractivity contribution < 1.29 is 22.7 Å². The zero-order chi connectivity index (χ0) is 20.5. The van der Waals surface area contributed by atoms with Crippen LogP contribution in [0.3, 0.4) is 0 Å². The molecule has 1 amide bonds. The van der Waals surface area contributed by atoms with Crippen molar-refractivity contribution in [3.8, 4) is 5.75 Å². The molecule has 27 heavy (non-hydrogen) atoms. The second kappa shape index (κ2) is 8.35. The minimum atomic E-state index is -4.53. The van der Waals surface area contributed by atoms with Crippen molar-refractivity contribution in [2.24, 2.45) is 0 Å². The molecule has 0 aliphatic rings. The summed E-state index contributed by atoms with van der Waals surface area (Å²) in [6, 6.07) is 2.58. The third kappa shape index (κ3) is 4.93. The predicted octanol–water partition coefficient (Wildman–Crippen LogP) is 6.95. The van der Waals surface area contributed by atoms with Crippen LogP contribution < -0.4 is 10.1 Å². The lowest BCUT2D eigenvalue weighted by Crippen LogP contribution is -2.21. The van der Waals surface area contributed by atoms with E-state index >= 15 is 0 Å². The molecule has 0 saturated heterocycles. The molecular weight excluding hydrogens is 449 g/mol. The van der Waals surface area contributed by atoms with E-state index in [0.29, 0.717) is 16.1 Å². The topological polar surface area (TPSA) is 38.3 Å². The molecule has 1 N–H and O–H groups in total. The summed E-state index contributed by atoms with van der Waals surface area (Å²) in [5.74, 6) is -0.569. The summed E-state index contributed by atoms with van der Waals surface area (Å²) in [5.41, 5.74) is 0.175. The van der Waals surface area contributed by atoms with Gasteiger partial charge in [0.25, 0.3) is 5.91 Å². The molecule has 0 radical (unpaired) electrons. The van der Waals surface area contributed by atoms with Crippen LogP contribution in [0.4, 0.5) is 18.9 Å². The van der Waals surface area contributed by atoms with Gasteiger partial charge < -0.3 is 10.1 Å². The molecule has 2 aromatic rings. The predicted molar refractivity (Wildman–Crippen MR) is 102 cm³/mol. The maximum atomic E-state index is 12.6. The van der Waals surface area contributed by atoms with Crippen molar-refractivity contribution in [2.75, 3.05) is 11.9 Å². The number of hydrogen-bond donors (Lipinski definition) is 1. The summed E-state index contributed by atoms with van der Waals surface area (Å²) in [6.07, 6.45) is -4.53. The fraction of sp³-hybridized carbons (Fsp3) is 0.235. The Hall–Kier alpha value is -1.34. The largest absolute Gasteiger partial charge is 0.481 e. The first-order valence-corrected chi connectivity index (χ1v) is 8.87. The maximum Gasteiger partial charge on any atom is 0.416 e. The molecule has 3 nitrogen and oxygen atoms in total. The van der Waals surface area contributed by atoms with E-state index < -0.39 is 24.3 Å². The summed E-state index contributed by atoms with van der Waals surface area (Å²) in [5, 5.41) is 2.82. The molecule has 0 aliphatic carbocycles. The monoisotopic (exact) mass is 459 g/mol. The maximum absolute atomic E-state index is 12.6. The number of benzene rings is 2. The van der Waals surface area contributed by atoms with Crippen molar-refractivity contribution in [2.45, 2.75) is 20.0 Å². The molecule has 0 unspecified atom stereocenters. The standard InChI is InChI=1S/C17H12Cl4F3NO2/c1-7-13(19)8(2)15(21)16(14(7)20)27-6-12(26)25-11-4-3-9(5-10(11)18)17(22,23)24/h3-5H,6H2,1-2H3,(H,25,26). The van der Waals surface area contributed by atoms with Crippen molar-refractivity contribution in [1.82, 2.24) is 0 Å². The third-order valence-corrected chi connectivity index (χ3v) is 5.42. The summed E-state index contributed by atoms with van der Waals surface area (Å²) in [4.78, 5) is 12.1. The summed E-state index contributed by atoms with van der Waals surface area (Å²) in [7, 11) is 0. The third-order valence-electron chi connectivity index (χ3n) is 3.63. The summed E-state index contributed by atoms with van der Waals surface area (Å²) in [6.45, 7) is 2.85. The Bertz CT molecular complexity index is 872. The molecule has 2 rings (SSSR count). The number of anilines is 1. The molecule has 0 spiro atoms. The van der Waals surface area contributed by atoms with Crippen LogP contribution in [0.25, 0.3) is 0 Å². The van der Waals surface area contributed by atoms with Crippen LogP contribution in [0.1, 0.15) is 16.7 Å². The van der Waals surface area contributed by atoms with E-state index in [9.17, 15) is 18.0 Å². The molecule has 0 heterocycles. The molecule has 2 aromatic carbocycles. The van der Waals surface area contributed by atoms with Crippen LogP contribution in [-0.2, 0) is 11.0 Å². The van der Waals surface area contributed by atoms with Crippen molar-refractivity contribution in [1.29, 1.82) is 0 Å². The van der Waals surface area contributed by atoms with Gasteiger partial charge in [-0.3, -0.25) is 4.79 Å². The molecular formula is C17H12Cl4F3NO2. The number of carbonyl (C=O) groups excluding carboxylic acids is 1. The molecule has 0 saturated carbocycles. The first-order valence-electron chi connectivity index (χ1n) is 7.36. The van der Waals surface area contributed by atoms with E-state index in [0.717, 1.165) is 18.2 Å². The number of carbonyl (C=O) groups is 1. The quantitative estimate of drug-likeness (QED) is 0.535. The number of rotatable bonds is 4. The first kappa shape index (κ1) is 22.0. The zero-order valence-corrected chi connectivity index (χ0v) is 16.9. The Labute approximate surface area is 173 Å². The second-order valence-corrected chi connectivity index (χ2v) is 7.09. The van der Waals surface area contributed by atoms with Crippen molar-refractivity contribution >= 4 is 58.0 Å². The van der Waals surface area contributed by atoms with Gasteiger partial charge in [-0.2, -0.15) is 13.2 Å². The molecule has 0 aromatic heterocycles. The lowest BCUT2D eigenvalue weighted by Gasteiger charge is -2.16. The van der Waals surface area contributed by atoms with Gasteiger partial charge in [0.2, 0.25) is 0 Å². The van der Waals surface area contributed by atoms with Crippen molar-refractivity contribution in [3.63, 3.8) is 0 Å². The Morgan fingerprint density at radius 3 is 2.07 bits per heavy atom. The lowest BCUT2D eigenvalue weighted by atomic mass is 10.1. The fourth-order valence-corrected chi connectivity index (χ4v) is 3.20. The normalized spacial score (nSPS) is 11.4. The fourth-order valence-electron chi connectivity index (χ4n) is 2.15. The Morgan fingerprint density at radius 1 is 1.04 bits per heavy atom. The average Bonchev–Trinajstić information content (AvgIpc) is 2.59. The lowest BCUT2D eigenvalue weighted by molar-refractivity contribution is -0.137. The van der Waals surface area contributed by atoms with Gasteiger partial charge in [0.1, 0.15) is 0 Å². The van der Waals surface area contributed by atoms with E-state index in [-0.39, 0.29) is 26.5 Å². The highest BCUT2D eigenvalue weighted by Gasteiger charge is 2.31. The molecule has 0 aliphatic heterocycles. The van der Waals surface area contributed by atoms with Crippen LogP contribution in [0, 0.1) is 13.8 Å². The van der Waals surface area contributed by atoms with Crippen LogP contribution >= 0.6 is 46.4 Å². The number of hydrogen-bond acceptors (Lipinski definition) is 2. The Morgan fingerprint density at radius 2 is 1.59 bits per heavy atom. The van der Waals surface area contributed by atoms with E-state index in [1.165, 1.54) is 0 Å². The van der Waals surface area contributed by atoms with Crippen molar-refractivity contribution in [3.05, 3.63) is 55.0 Å². The van der Waals surface area contributed by atoms with E-state index in [1.807, 2.05) is 0 Å². The number of ether oxygens (including phenoxy) is 1.